The Morgan fingerprint density at radius 1 is 0.791 bits per heavy atom. The van der Waals surface area contributed by atoms with E-state index in [9.17, 15) is 24.0 Å². The van der Waals surface area contributed by atoms with Gasteiger partial charge in [-0.05, 0) is 99.8 Å². The second-order valence-corrected chi connectivity index (χ2v) is 18.7. The van der Waals surface area contributed by atoms with E-state index >= 15 is 0 Å². The monoisotopic (exact) mass is 927 g/mol. The molecule has 5 heterocycles. The quantitative estimate of drug-likeness (QED) is 0.0709. The third-order valence-corrected chi connectivity index (χ3v) is 13.9. The van der Waals surface area contributed by atoms with Crippen LogP contribution in [-0.2, 0) is 38.9 Å². The van der Waals surface area contributed by atoms with Crippen LogP contribution >= 0.6 is 0 Å². The fraction of sp³-hybridized carbons (Fsp3) is 0.600. The van der Waals surface area contributed by atoms with Crippen LogP contribution in [0.15, 0.2) is 53.5 Å². The van der Waals surface area contributed by atoms with Crippen molar-refractivity contribution in [2.24, 2.45) is 0 Å². The van der Waals surface area contributed by atoms with Gasteiger partial charge >= 0.3 is 18.3 Å². The molecule has 2 aromatic carbocycles. The van der Waals surface area contributed by atoms with Crippen molar-refractivity contribution in [1.29, 1.82) is 0 Å². The number of nitrogens with one attached hydrogen (secondary N) is 1. The van der Waals surface area contributed by atoms with Crippen LogP contribution in [0.3, 0.4) is 0 Å². The minimum Gasteiger partial charge on any atom is -0.450 e. The summed E-state index contributed by atoms with van der Waals surface area (Å²) in [5.41, 5.74) is 3.38. The molecule has 7 rings (SSSR count). The van der Waals surface area contributed by atoms with Gasteiger partial charge in [-0.3, -0.25) is 19.1 Å². The summed E-state index contributed by atoms with van der Waals surface area (Å²) in [6, 6.07) is 12.6. The third kappa shape index (κ3) is 13.3. The van der Waals surface area contributed by atoms with Crippen molar-refractivity contribution < 1.29 is 38.5 Å². The zero-order valence-corrected chi connectivity index (χ0v) is 39.7. The molecule has 3 saturated heterocycles. The predicted octanol–water partition coefficient (Wildman–Crippen LogP) is 7.30. The number of nitrogens with zero attached hydrogens (tertiary/aromatic N) is 7. The van der Waals surface area contributed by atoms with Crippen LogP contribution in [0.1, 0.15) is 107 Å². The maximum Gasteiger partial charge on any atom is 0.510 e. The Balaban J connectivity index is 0.988. The molecule has 67 heavy (non-hydrogen) atoms. The first-order valence-corrected chi connectivity index (χ1v) is 24.5. The summed E-state index contributed by atoms with van der Waals surface area (Å²) in [6.07, 6.45) is 12.1. The lowest BCUT2D eigenvalue weighted by molar-refractivity contribution is -0.135. The van der Waals surface area contributed by atoms with Gasteiger partial charge in [0.05, 0.1) is 17.6 Å². The molecule has 3 aliphatic heterocycles. The highest BCUT2D eigenvalue weighted by Crippen LogP contribution is 2.29. The minimum absolute atomic E-state index is 0.134. The Bertz CT molecular complexity index is 2360. The molecule has 0 aliphatic carbocycles. The lowest BCUT2D eigenvalue weighted by atomic mass is 9.89. The highest BCUT2D eigenvalue weighted by molar-refractivity contribution is 5.88. The Kier molecular flexibility index (Phi) is 17.5. The maximum atomic E-state index is 14.5. The average molecular weight is 927 g/mol. The Morgan fingerprint density at radius 2 is 1.49 bits per heavy atom. The lowest BCUT2D eigenvalue weighted by Gasteiger charge is -2.43. The second-order valence-electron chi connectivity index (χ2n) is 18.7. The standard InChI is InChI=1S/C50H70N8O9/c1-4-5-6-7-8-9-10-13-28-65-50(64)67-35-58-44-15-12-11-14-39(44)32-42(46(58)59)38-16-22-56(23-17-38)48(61)51-43(47(60)55-26-24-54(25-27-55)41-18-20-53(3)21-19-41)31-37-29-36(2)45-40(30-37)33-57(52-45)34-66-49(62)63/h11-12,14-15,29-30,32-33,38,41,43H,4-10,13,16-28,31,34-35H2,1-3H3,(H,51,61)(H,62,63)/t43-/m1/s1. The molecule has 17 nitrogen and oxygen atoms in total. The van der Waals surface area contributed by atoms with Crippen molar-refractivity contribution >= 4 is 46.1 Å². The first kappa shape index (κ1) is 49.2. The normalized spacial score (nSPS) is 17.2. The van der Waals surface area contributed by atoms with Gasteiger partial charge in [-0.2, -0.15) is 5.10 Å². The number of piperidine rings is 2. The van der Waals surface area contributed by atoms with Crippen molar-refractivity contribution in [3.8, 4) is 0 Å². The highest BCUT2D eigenvalue weighted by Gasteiger charge is 2.34. The molecular weight excluding hydrogens is 857 g/mol. The summed E-state index contributed by atoms with van der Waals surface area (Å²) in [7, 11) is 2.16. The van der Waals surface area contributed by atoms with Gasteiger partial charge in [-0.25, -0.2) is 19.1 Å². The number of unbranched alkanes of at least 4 members (excludes halogenated alkanes) is 7. The number of urea groups is 1. The number of rotatable bonds is 19. The molecule has 0 bridgehead atoms. The van der Waals surface area contributed by atoms with Gasteiger partial charge in [0.25, 0.3) is 5.56 Å². The van der Waals surface area contributed by atoms with Gasteiger partial charge in [0.15, 0.2) is 13.5 Å². The summed E-state index contributed by atoms with van der Waals surface area (Å²) in [5.74, 6) is -0.276. The molecule has 1 atom stereocenters. The number of benzene rings is 2. The number of carbonyl (C=O) groups excluding carboxylic acids is 3. The van der Waals surface area contributed by atoms with Crippen molar-refractivity contribution in [1.82, 2.24) is 39.3 Å². The van der Waals surface area contributed by atoms with Crippen molar-refractivity contribution in [2.45, 2.75) is 129 Å². The zero-order chi connectivity index (χ0) is 47.3. The van der Waals surface area contributed by atoms with Crippen LogP contribution in [0, 0.1) is 6.92 Å². The number of fused-ring (bicyclic) bond motifs is 2. The van der Waals surface area contributed by atoms with E-state index in [2.05, 4.69) is 34.2 Å². The van der Waals surface area contributed by atoms with Gasteiger partial charge in [-0.15, -0.1) is 0 Å². The summed E-state index contributed by atoms with van der Waals surface area (Å²) in [4.78, 5) is 74.9. The first-order chi connectivity index (χ1) is 32.5. The molecule has 2 N–H and O–H groups in total. The molecule has 3 fully saturated rings. The van der Waals surface area contributed by atoms with E-state index < -0.39 is 18.4 Å². The molecule has 0 spiro atoms. The SMILES string of the molecule is CCCCCCCCCCOC(=O)OCn1c(=O)c(C2CCN(C(=O)N[C@H](Cc3cc(C)c4nn(COC(=O)O)cc4c3)C(=O)N3CCN(C4CCN(C)CC4)CC3)CC2)cc2ccccc21. The number of carboxylic acid groups (broad SMARTS) is 1. The molecule has 0 saturated carbocycles. The van der Waals surface area contributed by atoms with Crippen LogP contribution in [0.5, 0.6) is 0 Å². The van der Waals surface area contributed by atoms with Gasteiger partial charge in [0.1, 0.15) is 6.04 Å². The number of hydrogen-bond acceptors (Lipinski definition) is 11. The molecule has 17 heteroatoms. The number of carbonyl (C=O) groups is 4. The third-order valence-electron chi connectivity index (χ3n) is 13.9. The fourth-order valence-electron chi connectivity index (χ4n) is 10.0. The Hall–Kier alpha value is -5.68. The number of aromatic nitrogens is 3. The summed E-state index contributed by atoms with van der Waals surface area (Å²) in [5, 5.41) is 18.2. The highest BCUT2D eigenvalue weighted by atomic mass is 16.7. The van der Waals surface area contributed by atoms with Gasteiger partial charge in [0.2, 0.25) is 5.91 Å². The van der Waals surface area contributed by atoms with E-state index in [0.717, 1.165) is 80.2 Å². The molecule has 364 valence electrons. The molecule has 2 aromatic heterocycles. The van der Waals surface area contributed by atoms with E-state index in [1.54, 1.807) is 11.1 Å². The number of para-hydroxylation sites is 1. The van der Waals surface area contributed by atoms with Crippen molar-refractivity contribution in [3.05, 3.63) is 75.7 Å². The van der Waals surface area contributed by atoms with Gasteiger partial charge < -0.3 is 39.3 Å². The number of hydrogen-bond donors (Lipinski definition) is 2. The van der Waals surface area contributed by atoms with E-state index in [0.29, 0.717) is 61.7 Å². The number of ether oxygens (including phenoxy) is 3. The van der Waals surface area contributed by atoms with Crippen LogP contribution in [0.25, 0.3) is 21.8 Å². The Labute approximate surface area is 393 Å². The van der Waals surface area contributed by atoms with Crippen molar-refractivity contribution in [2.75, 3.05) is 66.0 Å². The van der Waals surface area contributed by atoms with Crippen LogP contribution in [-0.4, -0.2) is 141 Å². The van der Waals surface area contributed by atoms with Crippen LogP contribution in [0.4, 0.5) is 14.4 Å². The number of aryl methyl sites for hydroxylation is 1. The molecule has 3 aliphatic rings. The average Bonchev–Trinajstić information content (AvgIpc) is 3.76. The number of amides is 3. The summed E-state index contributed by atoms with van der Waals surface area (Å²) >= 11 is 0. The van der Waals surface area contributed by atoms with Crippen LogP contribution in [0.2, 0.25) is 0 Å². The number of likely N-dealkylation sites (tertiary alicyclic amines) is 2. The number of piperazine rings is 1. The Morgan fingerprint density at radius 3 is 2.21 bits per heavy atom. The first-order valence-electron chi connectivity index (χ1n) is 24.5. The maximum absolute atomic E-state index is 14.5. The smallest absolute Gasteiger partial charge is 0.450 e. The van der Waals surface area contributed by atoms with E-state index in [-0.39, 0.29) is 49.9 Å². The fourth-order valence-corrected chi connectivity index (χ4v) is 10.0. The lowest BCUT2D eigenvalue weighted by Crippen LogP contribution is -2.59. The van der Waals surface area contributed by atoms with E-state index in [1.807, 2.05) is 54.3 Å². The summed E-state index contributed by atoms with van der Waals surface area (Å²) < 4.78 is 18.5. The summed E-state index contributed by atoms with van der Waals surface area (Å²) in [6.45, 7) is 9.46. The topological polar surface area (TPSA) is 181 Å². The number of pyridine rings is 1. The predicted molar refractivity (Wildman–Crippen MR) is 255 cm³/mol. The van der Waals surface area contributed by atoms with Crippen LogP contribution < -0.4 is 10.9 Å². The zero-order valence-electron chi connectivity index (χ0n) is 39.7. The van der Waals surface area contributed by atoms with Gasteiger partial charge in [-0.1, -0.05) is 76.1 Å². The molecule has 3 amide bonds. The second kappa shape index (κ2) is 23.9. The van der Waals surface area contributed by atoms with Crippen molar-refractivity contribution in [3.63, 3.8) is 0 Å². The molecular formula is C50H70N8O9. The minimum atomic E-state index is -1.40. The molecule has 0 radical (unpaired) electrons. The molecule has 4 aromatic rings. The van der Waals surface area contributed by atoms with E-state index in [4.69, 9.17) is 19.3 Å². The largest absolute Gasteiger partial charge is 0.510 e. The molecule has 0 unspecified atom stereocenters. The van der Waals surface area contributed by atoms with Gasteiger partial charge in [0, 0.05) is 68.9 Å². The van der Waals surface area contributed by atoms with E-state index in [1.165, 1.54) is 41.4 Å².